The van der Waals surface area contributed by atoms with E-state index in [-0.39, 0.29) is 0 Å². The van der Waals surface area contributed by atoms with Crippen LogP contribution >= 0.6 is 0 Å². The van der Waals surface area contributed by atoms with Gasteiger partial charge in [0.15, 0.2) is 0 Å². The summed E-state index contributed by atoms with van der Waals surface area (Å²) in [4.78, 5) is 0. The fraction of sp³-hybridized carbons (Fsp3) is 0.538. The van der Waals surface area contributed by atoms with Crippen molar-refractivity contribution in [2.45, 2.75) is 39.2 Å². The van der Waals surface area contributed by atoms with Crippen LogP contribution in [0, 0.1) is 6.92 Å². The number of phenolic OH excluding ortho intramolecular Hbond substituents is 1. The predicted octanol–water partition coefficient (Wildman–Crippen LogP) is 2.69. The van der Waals surface area contributed by atoms with Gasteiger partial charge in [0.2, 0.25) is 0 Å². The van der Waals surface area contributed by atoms with Crippen molar-refractivity contribution in [2.75, 3.05) is 6.54 Å². The van der Waals surface area contributed by atoms with Crippen LogP contribution in [0.5, 0.6) is 5.75 Å². The highest BCUT2D eigenvalue weighted by Crippen LogP contribution is 2.30. The molecule has 1 saturated heterocycles. The Labute approximate surface area is 91.3 Å². The minimum Gasteiger partial charge on any atom is -0.508 e. The van der Waals surface area contributed by atoms with E-state index in [9.17, 15) is 5.11 Å². The van der Waals surface area contributed by atoms with Gasteiger partial charge < -0.3 is 10.4 Å². The van der Waals surface area contributed by atoms with Gasteiger partial charge in [0.05, 0.1) is 0 Å². The molecule has 2 nitrogen and oxygen atoms in total. The second kappa shape index (κ2) is 4.23. The number of phenols is 1. The molecule has 0 bridgehead atoms. The molecule has 2 N–H and O–H groups in total. The zero-order valence-electron chi connectivity index (χ0n) is 9.51. The van der Waals surface area contributed by atoms with E-state index >= 15 is 0 Å². The van der Waals surface area contributed by atoms with Gasteiger partial charge in [-0.25, -0.2) is 0 Å². The van der Waals surface area contributed by atoms with Crippen molar-refractivity contribution < 1.29 is 5.11 Å². The van der Waals surface area contributed by atoms with Crippen LogP contribution in [-0.4, -0.2) is 11.7 Å². The molecular formula is C13H19NO. The molecule has 0 aliphatic carbocycles. The average Bonchev–Trinajstić information content (AvgIpc) is 2.71. The molecule has 0 spiro atoms. The first kappa shape index (κ1) is 10.5. The summed E-state index contributed by atoms with van der Waals surface area (Å²) in [7, 11) is 0. The first-order valence-electron chi connectivity index (χ1n) is 5.78. The molecule has 2 heteroatoms. The maximum Gasteiger partial charge on any atom is 0.119 e. The maximum atomic E-state index is 9.74. The lowest BCUT2D eigenvalue weighted by Gasteiger charge is -2.16. The van der Waals surface area contributed by atoms with E-state index in [1.807, 2.05) is 6.07 Å². The van der Waals surface area contributed by atoms with Crippen LogP contribution in [0.2, 0.25) is 0 Å². The number of hydrogen-bond acceptors (Lipinski definition) is 2. The molecule has 1 aliphatic rings. The van der Waals surface area contributed by atoms with Gasteiger partial charge in [-0.1, -0.05) is 13.0 Å². The van der Waals surface area contributed by atoms with Gasteiger partial charge in [-0.2, -0.15) is 0 Å². The summed E-state index contributed by atoms with van der Waals surface area (Å²) in [6, 6.07) is 4.55. The maximum absolute atomic E-state index is 9.74. The van der Waals surface area contributed by atoms with Gasteiger partial charge in [0, 0.05) is 6.04 Å². The Morgan fingerprint density at radius 2 is 2.27 bits per heavy atom. The lowest BCUT2D eigenvalue weighted by atomic mass is 9.96. The van der Waals surface area contributed by atoms with Crippen LogP contribution in [0.4, 0.5) is 0 Å². The average molecular weight is 205 g/mol. The minimum atomic E-state index is 0.441. The van der Waals surface area contributed by atoms with Crippen molar-refractivity contribution >= 4 is 0 Å². The van der Waals surface area contributed by atoms with E-state index in [1.165, 1.54) is 24.0 Å². The molecule has 2 rings (SSSR count). The number of rotatable bonds is 2. The second-order valence-corrected chi connectivity index (χ2v) is 4.34. The molecule has 0 aromatic heterocycles. The van der Waals surface area contributed by atoms with Crippen molar-refractivity contribution in [3.05, 3.63) is 28.8 Å². The zero-order valence-corrected chi connectivity index (χ0v) is 9.51. The molecule has 1 aromatic rings. The van der Waals surface area contributed by atoms with E-state index in [0.717, 1.165) is 18.5 Å². The lowest BCUT2D eigenvalue weighted by molar-refractivity contribution is 0.467. The van der Waals surface area contributed by atoms with Gasteiger partial charge in [0.25, 0.3) is 0 Å². The van der Waals surface area contributed by atoms with E-state index in [0.29, 0.717) is 11.8 Å². The predicted molar refractivity (Wildman–Crippen MR) is 62.2 cm³/mol. The van der Waals surface area contributed by atoms with E-state index < -0.39 is 0 Å². The Balaban J connectivity index is 2.37. The third kappa shape index (κ3) is 2.00. The van der Waals surface area contributed by atoms with Gasteiger partial charge in [-0.3, -0.25) is 0 Å². The molecule has 82 valence electrons. The molecule has 1 fully saturated rings. The fourth-order valence-corrected chi connectivity index (χ4v) is 2.37. The molecule has 0 amide bonds. The van der Waals surface area contributed by atoms with Crippen molar-refractivity contribution in [1.29, 1.82) is 0 Å². The SMILES string of the molecule is CCc1cc(C2CCCN2)c(C)cc1O. The van der Waals surface area contributed by atoms with Crippen molar-refractivity contribution in [2.24, 2.45) is 0 Å². The normalized spacial score (nSPS) is 20.8. The largest absolute Gasteiger partial charge is 0.508 e. The molecule has 1 unspecified atom stereocenters. The number of aryl methyl sites for hydroxylation is 2. The first-order valence-corrected chi connectivity index (χ1v) is 5.78. The molecular weight excluding hydrogens is 186 g/mol. The number of hydrogen-bond donors (Lipinski definition) is 2. The molecule has 0 radical (unpaired) electrons. The monoisotopic (exact) mass is 205 g/mol. The van der Waals surface area contributed by atoms with Gasteiger partial charge in [0.1, 0.15) is 5.75 Å². The smallest absolute Gasteiger partial charge is 0.119 e. The third-order valence-electron chi connectivity index (χ3n) is 3.28. The summed E-state index contributed by atoms with van der Waals surface area (Å²) < 4.78 is 0. The Kier molecular flexibility index (Phi) is 2.96. The van der Waals surface area contributed by atoms with Crippen molar-refractivity contribution in [1.82, 2.24) is 5.32 Å². The first-order chi connectivity index (χ1) is 7.22. The van der Waals surface area contributed by atoms with Crippen LogP contribution in [0.1, 0.15) is 42.5 Å². The highest BCUT2D eigenvalue weighted by molar-refractivity contribution is 5.43. The molecule has 1 atom stereocenters. The Bertz CT molecular complexity index is 354. The second-order valence-electron chi connectivity index (χ2n) is 4.34. The van der Waals surface area contributed by atoms with Gasteiger partial charge in [-0.05, 0) is 55.5 Å². The summed E-state index contributed by atoms with van der Waals surface area (Å²) in [6.07, 6.45) is 3.37. The summed E-state index contributed by atoms with van der Waals surface area (Å²) >= 11 is 0. The fourth-order valence-electron chi connectivity index (χ4n) is 2.37. The Morgan fingerprint density at radius 1 is 1.47 bits per heavy atom. The molecule has 1 heterocycles. The minimum absolute atomic E-state index is 0.441. The van der Waals surface area contributed by atoms with Crippen LogP contribution < -0.4 is 5.32 Å². The number of benzene rings is 1. The van der Waals surface area contributed by atoms with E-state index in [1.54, 1.807) is 0 Å². The third-order valence-corrected chi connectivity index (χ3v) is 3.28. The topological polar surface area (TPSA) is 32.3 Å². The quantitative estimate of drug-likeness (QED) is 0.778. The van der Waals surface area contributed by atoms with Gasteiger partial charge in [-0.15, -0.1) is 0 Å². The van der Waals surface area contributed by atoms with Crippen molar-refractivity contribution in [3.8, 4) is 5.75 Å². The van der Waals surface area contributed by atoms with E-state index in [4.69, 9.17) is 0 Å². The summed E-state index contributed by atoms with van der Waals surface area (Å²) in [5, 5.41) is 13.2. The van der Waals surface area contributed by atoms with E-state index in [2.05, 4.69) is 25.2 Å². The van der Waals surface area contributed by atoms with Crippen LogP contribution in [0.25, 0.3) is 0 Å². The lowest BCUT2D eigenvalue weighted by Crippen LogP contribution is -2.14. The van der Waals surface area contributed by atoms with Crippen LogP contribution in [0.15, 0.2) is 12.1 Å². The summed E-state index contributed by atoms with van der Waals surface area (Å²) in [6.45, 7) is 5.27. The standard InChI is InChI=1S/C13H19NO/c1-3-10-8-11(9(2)7-13(10)15)12-5-4-6-14-12/h7-8,12,14-15H,3-6H2,1-2H3. The Hall–Kier alpha value is -1.02. The molecule has 1 aliphatic heterocycles. The molecule has 0 saturated carbocycles. The number of nitrogens with one attached hydrogen (secondary N) is 1. The molecule has 15 heavy (non-hydrogen) atoms. The molecule has 1 aromatic carbocycles. The highest BCUT2D eigenvalue weighted by Gasteiger charge is 2.19. The van der Waals surface area contributed by atoms with Crippen LogP contribution in [-0.2, 0) is 6.42 Å². The summed E-state index contributed by atoms with van der Waals surface area (Å²) in [5.74, 6) is 0.441. The number of aromatic hydroxyl groups is 1. The van der Waals surface area contributed by atoms with Crippen LogP contribution in [0.3, 0.4) is 0 Å². The zero-order chi connectivity index (χ0) is 10.8. The Morgan fingerprint density at radius 3 is 2.87 bits per heavy atom. The van der Waals surface area contributed by atoms with Crippen molar-refractivity contribution in [3.63, 3.8) is 0 Å². The summed E-state index contributed by atoms with van der Waals surface area (Å²) in [5.41, 5.74) is 3.62. The van der Waals surface area contributed by atoms with Gasteiger partial charge >= 0.3 is 0 Å². The highest BCUT2D eigenvalue weighted by atomic mass is 16.3.